The average molecular weight is 433 g/mol. The van der Waals surface area contributed by atoms with Gasteiger partial charge in [-0.05, 0) is 73.9 Å². The normalized spacial score (nSPS) is 14.8. The number of benzene rings is 3. The van der Waals surface area contributed by atoms with Gasteiger partial charge in [0.2, 0.25) is 0 Å². The predicted molar refractivity (Wildman–Crippen MR) is 126 cm³/mol. The topological polar surface area (TPSA) is 32.8 Å². The maximum absolute atomic E-state index is 13.6. The number of hydrogen-bond donors (Lipinski definition) is 0. The molecule has 0 spiro atoms. The monoisotopic (exact) mass is 432 g/mol. The van der Waals surface area contributed by atoms with E-state index in [4.69, 9.17) is 4.74 Å². The van der Waals surface area contributed by atoms with Crippen LogP contribution in [0.15, 0.2) is 72.8 Å². The molecule has 3 aromatic carbocycles. The van der Waals surface area contributed by atoms with Crippen molar-refractivity contribution in [2.45, 2.75) is 32.4 Å². The zero-order valence-electron chi connectivity index (χ0n) is 18.6. The number of carbonyl (C=O) groups is 1. The quantitative estimate of drug-likeness (QED) is 0.519. The molecule has 1 aliphatic heterocycles. The summed E-state index contributed by atoms with van der Waals surface area (Å²) in [5.74, 6) is 0.579. The molecule has 1 aliphatic rings. The van der Waals surface area contributed by atoms with Gasteiger partial charge >= 0.3 is 0 Å². The minimum Gasteiger partial charge on any atom is -0.497 e. The second-order valence-electron chi connectivity index (χ2n) is 8.37. The number of likely N-dealkylation sites (tertiary alicyclic amines) is 1. The smallest absolute Gasteiger partial charge is 0.258 e. The number of aryl methyl sites for hydroxylation is 1. The van der Waals surface area contributed by atoms with Crippen LogP contribution in [0.25, 0.3) is 0 Å². The van der Waals surface area contributed by atoms with Crippen molar-refractivity contribution in [3.05, 3.63) is 95.3 Å². The first kappa shape index (κ1) is 22.0. The van der Waals surface area contributed by atoms with Gasteiger partial charge in [-0.15, -0.1) is 0 Å². The van der Waals surface area contributed by atoms with E-state index in [2.05, 4.69) is 4.90 Å². The first-order chi connectivity index (χ1) is 15.5. The summed E-state index contributed by atoms with van der Waals surface area (Å²) in [6.07, 6.45) is 1.76. The van der Waals surface area contributed by atoms with Gasteiger partial charge in [0, 0.05) is 36.9 Å². The molecule has 1 saturated heterocycles. The summed E-state index contributed by atoms with van der Waals surface area (Å²) in [5.41, 5.74) is 3.81. The largest absolute Gasteiger partial charge is 0.497 e. The van der Waals surface area contributed by atoms with Crippen LogP contribution in [0.4, 0.5) is 10.1 Å². The molecule has 4 rings (SSSR count). The van der Waals surface area contributed by atoms with E-state index in [-0.39, 0.29) is 17.8 Å². The van der Waals surface area contributed by atoms with E-state index in [1.165, 1.54) is 12.1 Å². The second kappa shape index (κ2) is 9.96. The van der Waals surface area contributed by atoms with Crippen LogP contribution in [0, 0.1) is 12.7 Å². The summed E-state index contributed by atoms with van der Waals surface area (Å²) >= 11 is 0. The molecule has 1 heterocycles. The summed E-state index contributed by atoms with van der Waals surface area (Å²) in [6, 6.07) is 22.3. The number of rotatable bonds is 6. The minimum atomic E-state index is -0.211. The Balaban J connectivity index is 1.51. The molecule has 5 heteroatoms. The lowest BCUT2D eigenvalue weighted by molar-refractivity contribution is 0.0958. The molecule has 166 valence electrons. The highest BCUT2D eigenvalue weighted by molar-refractivity contribution is 6.06. The number of nitrogens with zero attached hydrogens (tertiary/aromatic N) is 2. The average Bonchev–Trinajstić information content (AvgIpc) is 2.82. The lowest BCUT2D eigenvalue weighted by atomic mass is 10.00. The summed E-state index contributed by atoms with van der Waals surface area (Å²) in [7, 11) is 1.64. The highest BCUT2D eigenvalue weighted by atomic mass is 19.1. The number of carbonyl (C=O) groups excluding carboxylic acids is 1. The van der Waals surface area contributed by atoms with Crippen LogP contribution in [-0.4, -0.2) is 37.0 Å². The SMILES string of the molecule is COc1ccc(N(C(=O)c2ccc(C)cc2)C2CCN(Cc3ccc(F)cc3)CC2)cc1. The maximum atomic E-state index is 13.6. The Morgan fingerprint density at radius 1 is 0.969 bits per heavy atom. The fourth-order valence-electron chi connectivity index (χ4n) is 4.26. The van der Waals surface area contributed by atoms with Crippen molar-refractivity contribution in [1.29, 1.82) is 0 Å². The molecule has 0 radical (unpaired) electrons. The predicted octanol–water partition coefficient (Wildman–Crippen LogP) is 5.45. The Kier molecular flexibility index (Phi) is 6.86. The van der Waals surface area contributed by atoms with Gasteiger partial charge in [-0.25, -0.2) is 4.39 Å². The van der Waals surface area contributed by atoms with Gasteiger partial charge in [0.25, 0.3) is 5.91 Å². The maximum Gasteiger partial charge on any atom is 0.258 e. The number of amides is 1. The van der Waals surface area contributed by atoms with E-state index in [1.54, 1.807) is 7.11 Å². The number of halogens is 1. The molecular formula is C27H29FN2O2. The molecule has 0 unspecified atom stereocenters. The molecule has 0 aliphatic carbocycles. The van der Waals surface area contributed by atoms with E-state index in [9.17, 15) is 9.18 Å². The highest BCUT2D eigenvalue weighted by Crippen LogP contribution is 2.28. The Morgan fingerprint density at radius 2 is 1.59 bits per heavy atom. The summed E-state index contributed by atoms with van der Waals surface area (Å²) in [5, 5.41) is 0. The van der Waals surface area contributed by atoms with Gasteiger partial charge < -0.3 is 9.64 Å². The molecule has 0 bridgehead atoms. The third-order valence-electron chi connectivity index (χ3n) is 6.11. The Hall–Kier alpha value is -3.18. The summed E-state index contributed by atoms with van der Waals surface area (Å²) < 4.78 is 18.5. The lowest BCUT2D eigenvalue weighted by Gasteiger charge is -2.38. The third-order valence-corrected chi connectivity index (χ3v) is 6.11. The number of anilines is 1. The van der Waals surface area contributed by atoms with Crippen LogP contribution < -0.4 is 9.64 Å². The number of methoxy groups -OCH3 is 1. The zero-order valence-corrected chi connectivity index (χ0v) is 18.6. The third kappa shape index (κ3) is 5.17. The number of hydrogen-bond acceptors (Lipinski definition) is 3. The molecular weight excluding hydrogens is 403 g/mol. The van der Waals surface area contributed by atoms with Crippen LogP contribution >= 0.6 is 0 Å². The van der Waals surface area contributed by atoms with Crippen molar-refractivity contribution in [2.75, 3.05) is 25.1 Å². The van der Waals surface area contributed by atoms with Crippen LogP contribution in [0.3, 0.4) is 0 Å². The van der Waals surface area contributed by atoms with Gasteiger partial charge in [-0.1, -0.05) is 29.8 Å². The molecule has 4 nitrogen and oxygen atoms in total. The van der Waals surface area contributed by atoms with Crippen LogP contribution in [0.5, 0.6) is 5.75 Å². The Morgan fingerprint density at radius 3 is 2.19 bits per heavy atom. The Bertz CT molecular complexity index is 1020. The second-order valence-corrected chi connectivity index (χ2v) is 8.37. The standard InChI is InChI=1S/C27H29FN2O2/c1-20-3-7-22(8-4-20)27(31)30(24-11-13-26(32-2)14-12-24)25-15-17-29(18-16-25)19-21-5-9-23(28)10-6-21/h3-14,25H,15-19H2,1-2H3. The van der Waals surface area contributed by atoms with E-state index < -0.39 is 0 Å². The van der Waals surface area contributed by atoms with Gasteiger partial charge in [0.1, 0.15) is 11.6 Å². The van der Waals surface area contributed by atoms with Crippen molar-refractivity contribution in [3.63, 3.8) is 0 Å². The van der Waals surface area contributed by atoms with Crippen molar-refractivity contribution >= 4 is 11.6 Å². The first-order valence-corrected chi connectivity index (χ1v) is 11.0. The molecule has 3 aromatic rings. The van der Waals surface area contributed by atoms with Crippen molar-refractivity contribution in [3.8, 4) is 5.75 Å². The molecule has 32 heavy (non-hydrogen) atoms. The molecule has 0 aromatic heterocycles. The highest BCUT2D eigenvalue weighted by Gasteiger charge is 2.30. The lowest BCUT2D eigenvalue weighted by Crippen LogP contribution is -2.47. The van der Waals surface area contributed by atoms with Gasteiger partial charge in [0.05, 0.1) is 7.11 Å². The number of piperidine rings is 1. The first-order valence-electron chi connectivity index (χ1n) is 11.0. The van der Waals surface area contributed by atoms with E-state index in [0.29, 0.717) is 5.56 Å². The van der Waals surface area contributed by atoms with E-state index in [1.807, 2.05) is 72.5 Å². The van der Waals surface area contributed by atoms with Crippen LogP contribution in [0.1, 0.15) is 34.3 Å². The summed E-state index contributed by atoms with van der Waals surface area (Å²) in [6.45, 7) is 4.58. The van der Waals surface area contributed by atoms with Crippen LogP contribution in [-0.2, 0) is 6.54 Å². The fraction of sp³-hybridized carbons (Fsp3) is 0.296. The van der Waals surface area contributed by atoms with Gasteiger partial charge in [-0.2, -0.15) is 0 Å². The van der Waals surface area contributed by atoms with E-state index >= 15 is 0 Å². The molecule has 0 N–H and O–H groups in total. The van der Waals surface area contributed by atoms with Crippen molar-refractivity contribution in [2.24, 2.45) is 0 Å². The van der Waals surface area contributed by atoms with Gasteiger partial charge in [0.15, 0.2) is 0 Å². The zero-order chi connectivity index (χ0) is 22.5. The van der Waals surface area contributed by atoms with Crippen molar-refractivity contribution < 1.29 is 13.9 Å². The minimum absolute atomic E-state index is 0.0205. The molecule has 1 amide bonds. The molecule has 0 saturated carbocycles. The number of ether oxygens (including phenoxy) is 1. The summed E-state index contributed by atoms with van der Waals surface area (Å²) in [4.78, 5) is 17.9. The Labute approximate surface area is 189 Å². The van der Waals surface area contributed by atoms with Gasteiger partial charge in [-0.3, -0.25) is 9.69 Å². The molecule has 1 fully saturated rings. The van der Waals surface area contributed by atoms with Crippen LogP contribution in [0.2, 0.25) is 0 Å². The van der Waals surface area contributed by atoms with Crippen molar-refractivity contribution in [1.82, 2.24) is 4.90 Å². The van der Waals surface area contributed by atoms with E-state index in [0.717, 1.165) is 55.0 Å². The fourth-order valence-corrected chi connectivity index (χ4v) is 4.26. The molecule has 0 atom stereocenters.